The van der Waals surface area contributed by atoms with Gasteiger partial charge in [0.25, 0.3) is 0 Å². The van der Waals surface area contributed by atoms with Gasteiger partial charge >= 0.3 is 0 Å². The maximum atomic E-state index is 4.46. The number of anilines is 1. The molecule has 2 rings (SSSR count). The molecule has 0 aromatic carbocycles. The SMILES string of the molecule is C=CC1CCCN(c2ccc(C)cn2)C1. The monoisotopic (exact) mass is 202 g/mol. The average Bonchev–Trinajstić information content (AvgIpc) is 2.30. The summed E-state index contributed by atoms with van der Waals surface area (Å²) in [5, 5.41) is 0. The minimum absolute atomic E-state index is 0.627. The van der Waals surface area contributed by atoms with Gasteiger partial charge in [-0.05, 0) is 37.3 Å². The van der Waals surface area contributed by atoms with E-state index in [1.54, 1.807) is 0 Å². The van der Waals surface area contributed by atoms with E-state index >= 15 is 0 Å². The molecule has 1 aliphatic rings. The molecule has 1 unspecified atom stereocenters. The van der Waals surface area contributed by atoms with Gasteiger partial charge in [-0.15, -0.1) is 6.58 Å². The number of nitrogens with zero attached hydrogens (tertiary/aromatic N) is 2. The van der Waals surface area contributed by atoms with Crippen LogP contribution in [-0.4, -0.2) is 18.1 Å². The fourth-order valence-corrected chi connectivity index (χ4v) is 2.06. The Bertz CT molecular complexity index is 329. The molecule has 0 bridgehead atoms. The van der Waals surface area contributed by atoms with Crippen molar-refractivity contribution in [3.8, 4) is 0 Å². The van der Waals surface area contributed by atoms with Crippen LogP contribution in [0, 0.1) is 12.8 Å². The average molecular weight is 202 g/mol. The molecule has 1 aliphatic heterocycles. The Balaban J connectivity index is 2.09. The van der Waals surface area contributed by atoms with Crippen LogP contribution in [0.3, 0.4) is 0 Å². The molecular weight excluding hydrogens is 184 g/mol. The summed E-state index contributed by atoms with van der Waals surface area (Å²) in [6.45, 7) is 8.14. The maximum absolute atomic E-state index is 4.46. The molecule has 1 aromatic heterocycles. The smallest absolute Gasteiger partial charge is 0.128 e. The van der Waals surface area contributed by atoms with E-state index in [-0.39, 0.29) is 0 Å². The van der Waals surface area contributed by atoms with E-state index in [1.807, 2.05) is 6.20 Å². The van der Waals surface area contributed by atoms with Gasteiger partial charge < -0.3 is 4.90 Å². The number of hydrogen-bond acceptors (Lipinski definition) is 2. The molecule has 1 saturated heterocycles. The number of rotatable bonds is 2. The van der Waals surface area contributed by atoms with Crippen molar-refractivity contribution in [1.29, 1.82) is 0 Å². The number of aromatic nitrogens is 1. The minimum Gasteiger partial charge on any atom is -0.356 e. The summed E-state index contributed by atoms with van der Waals surface area (Å²) >= 11 is 0. The van der Waals surface area contributed by atoms with Gasteiger partial charge in [0.1, 0.15) is 5.82 Å². The first kappa shape index (κ1) is 10.2. The van der Waals surface area contributed by atoms with Crippen molar-refractivity contribution < 1.29 is 0 Å². The predicted molar refractivity (Wildman–Crippen MR) is 64.1 cm³/mol. The van der Waals surface area contributed by atoms with Crippen LogP contribution >= 0.6 is 0 Å². The summed E-state index contributed by atoms with van der Waals surface area (Å²) < 4.78 is 0. The van der Waals surface area contributed by atoms with Crippen molar-refractivity contribution in [2.75, 3.05) is 18.0 Å². The molecule has 2 nitrogen and oxygen atoms in total. The van der Waals surface area contributed by atoms with E-state index in [4.69, 9.17) is 0 Å². The first-order chi connectivity index (χ1) is 7.29. The third kappa shape index (κ3) is 2.38. The maximum Gasteiger partial charge on any atom is 0.128 e. The third-order valence-electron chi connectivity index (χ3n) is 3.01. The van der Waals surface area contributed by atoms with Crippen LogP contribution < -0.4 is 4.90 Å². The molecule has 1 atom stereocenters. The zero-order valence-electron chi connectivity index (χ0n) is 9.32. The quantitative estimate of drug-likeness (QED) is 0.685. The molecule has 0 aliphatic carbocycles. The topological polar surface area (TPSA) is 16.1 Å². The first-order valence-electron chi connectivity index (χ1n) is 5.60. The number of aryl methyl sites for hydroxylation is 1. The van der Waals surface area contributed by atoms with Gasteiger partial charge in [-0.3, -0.25) is 0 Å². The van der Waals surface area contributed by atoms with Gasteiger partial charge in [0, 0.05) is 19.3 Å². The zero-order chi connectivity index (χ0) is 10.7. The van der Waals surface area contributed by atoms with Crippen molar-refractivity contribution in [2.45, 2.75) is 19.8 Å². The highest BCUT2D eigenvalue weighted by atomic mass is 15.2. The second kappa shape index (κ2) is 4.47. The van der Waals surface area contributed by atoms with Crippen molar-refractivity contribution >= 4 is 5.82 Å². The summed E-state index contributed by atoms with van der Waals surface area (Å²) in [6, 6.07) is 4.24. The van der Waals surface area contributed by atoms with Crippen LogP contribution in [0.25, 0.3) is 0 Å². The van der Waals surface area contributed by atoms with Crippen LogP contribution in [0.1, 0.15) is 18.4 Å². The summed E-state index contributed by atoms with van der Waals surface area (Å²) in [5.41, 5.74) is 1.22. The van der Waals surface area contributed by atoms with E-state index in [0.717, 1.165) is 18.9 Å². The van der Waals surface area contributed by atoms with Crippen molar-refractivity contribution in [1.82, 2.24) is 4.98 Å². The number of hydrogen-bond donors (Lipinski definition) is 0. The zero-order valence-corrected chi connectivity index (χ0v) is 9.32. The van der Waals surface area contributed by atoms with Crippen LogP contribution in [0.2, 0.25) is 0 Å². The lowest BCUT2D eigenvalue weighted by Gasteiger charge is -2.32. The molecule has 0 radical (unpaired) electrons. The minimum atomic E-state index is 0.627. The Morgan fingerprint density at radius 1 is 1.53 bits per heavy atom. The largest absolute Gasteiger partial charge is 0.356 e. The normalized spacial score (nSPS) is 21.4. The highest BCUT2D eigenvalue weighted by molar-refractivity contribution is 5.39. The Morgan fingerprint density at radius 2 is 2.40 bits per heavy atom. The van der Waals surface area contributed by atoms with Gasteiger partial charge in [-0.2, -0.15) is 0 Å². The van der Waals surface area contributed by atoms with Crippen LogP contribution in [0.5, 0.6) is 0 Å². The summed E-state index contributed by atoms with van der Waals surface area (Å²) in [4.78, 5) is 6.82. The fraction of sp³-hybridized carbons (Fsp3) is 0.462. The molecule has 0 saturated carbocycles. The van der Waals surface area contributed by atoms with Gasteiger partial charge in [0.15, 0.2) is 0 Å². The molecule has 1 fully saturated rings. The molecule has 2 heteroatoms. The first-order valence-corrected chi connectivity index (χ1v) is 5.60. The summed E-state index contributed by atoms with van der Waals surface area (Å²) in [7, 11) is 0. The van der Waals surface area contributed by atoms with Crippen molar-refractivity contribution in [3.05, 3.63) is 36.5 Å². The van der Waals surface area contributed by atoms with Crippen molar-refractivity contribution in [3.63, 3.8) is 0 Å². The Kier molecular flexibility index (Phi) is 3.05. The standard InChI is InChI=1S/C13H18N2/c1-3-12-5-4-8-15(10-12)13-7-6-11(2)9-14-13/h3,6-7,9,12H,1,4-5,8,10H2,2H3. The second-order valence-electron chi connectivity index (χ2n) is 4.28. The fourth-order valence-electron chi connectivity index (χ4n) is 2.06. The third-order valence-corrected chi connectivity index (χ3v) is 3.01. The molecule has 15 heavy (non-hydrogen) atoms. The Hall–Kier alpha value is -1.31. The molecule has 2 heterocycles. The van der Waals surface area contributed by atoms with E-state index in [9.17, 15) is 0 Å². The van der Waals surface area contributed by atoms with Crippen LogP contribution in [0.15, 0.2) is 31.0 Å². The molecule has 0 N–H and O–H groups in total. The van der Waals surface area contributed by atoms with Gasteiger partial charge in [0.05, 0.1) is 0 Å². The molecular formula is C13H18N2. The van der Waals surface area contributed by atoms with Gasteiger partial charge in [-0.25, -0.2) is 4.98 Å². The predicted octanol–water partition coefficient (Wildman–Crippen LogP) is 2.79. The highest BCUT2D eigenvalue weighted by Crippen LogP contribution is 2.21. The number of pyridine rings is 1. The molecule has 0 amide bonds. The highest BCUT2D eigenvalue weighted by Gasteiger charge is 2.18. The van der Waals surface area contributed by atoms with E-state index in [2.05, 4.69) is 41.6 Å². The lowest BCUT2D eigenvalue weighted by Crippen LogP contribution is -2.35. The summed E-state index contributed by atoms with van der Waals surface area (Å²) in [5.74, 6) is 1.73. The second-order valence-corrected chi connectivity index (χ2v) is 4.28. The van der Waals surface area contributed by atoms with Crippen LogP contribution in [-0.2, 0) is 0 Å². The van der Waals surface area contributed by atoms with E-state index < -0.39 is 0 Å². The summed E-state index contributed by atoms with van der Waals surface area (Å²) in [6.07, 6.45) is 6.52. The van der Waals surface area contributed by atoms with Crippen LogP contribution in [0.4, 0.5) is 5.82 Å². The molecule has 1 aromatic rings. The molecule has 80 valence electrons. The lowest BCUT2D eigenvalue weighted by molar-refractivity contribution is 0.483. The number of piperidine rings is 1. The van der Waals surface area contributed by atoms with E-state index in [1.165, 1.54) is 18.4 Å². The Morgan fingerprint density at radius 3 is 3.07 bits per heavy atom. The van der Waals surface area contributed by atoms with Gasteiger partial charge in [0.2, 0.25) is 0 Å². The van der Waals surface area contributed by atoms with E-state index in [0.29, 0.717) is 5.92 Å². The van der Waals surface area contributed by atoms with Gasteiger partial charge in [-0.1, -0.05) is 12.1 Å². The Labute approximate surface area is 91.6 Å². The molecule has 0 spiro atoms. The lowest BCUT2D eigenvalue weighted by atomic mass is 9.98. The van der Waals surface area contributed by atoms with Crippen molar-refractivity contribution in [2.24, 2.45) is 5.92 Å².